The van der Waals surface area contributed by atoms with Gasteiger partial charge in [-0.3, -0.25) is 4.79 Å². The van der Waals surface area contributed by atoms with E-state index in [0.717, 1.165) is 41.8 Å². The summed E-state index contributed by atoms with van der Waals surface area (Å²) in [6.45, 7) is 10.7. The first kappa shape index (κ1) is 23.9. The van der Waals surface area contributed by atoms with Crippen molar-refractivity contribution in [1.29, 1.82) is 0 Å². The van der Waals surface area contributed by atoms with Crippen molar-refractivity contribution in [3.63, 3.8) is 0 Å². The lowest BCUT2D eigenvalue weighted by Gasteiger charge is -2.42. The molecular formula is C26H27F2NO2S2. The molecule has 0 spiro atoms. The highest BCUT2D eigenvalue weighted by Gasteiger charge is 2.38. The number of thiocarbonyl (C=S) groups is 1. The summed E-state index contributed by atoms with van der Waals surface area (Å²) in [4.78, 5) is 12.3. The first-order valence-electron chi connectivity index (χ1n) is 10.8. The van der Waals surface area contributed by atoms with Crippen molar-refractivity contribution in [3.8, 4) is 16.9 Å². The maximum Gasteiger partial charge on any atom is 0.263 e. The molecule has 1 saturated heterocycles. The van der Waals surface area contributed by atoms with Gasteiger partial charge in [-0.05, 0) is 71.1 Å². The van der Waals surface area contributed by atoms with Gasteiger partial charge in [-0.25, -0.2) is 8.78 Å². The molecule has 1 aliphatic heterocycles. The number of halogens is 2. The van der Waals surface area contributed by atoms with Crippen LogP contribution < -0.4 is 10.1 Å². The molecule has 0 aromatic heterocycles. The number of ether oxygens (including phenoxy) is 1. The van der Waals surface area contributed by atoms with E-state index in [4.69, 9.17) is 17.0 Å². The molecule has 3 nitrogen and oxygen atoms in total. The summed E-state index contributed by atoms with van der Waals surface area (Å²) >= 11 is 6.03. The van der Waals surface area contributed by atoms with Gasteiger partial charge in [0.15, 0.2) is 11.6 Å². The molecule has 33 heavy (non-hydrogen) atoms. The molecule has 2 aromatic carbocycles. The molecular weight excluding hydrogens is 460 g/mol. The number of nitrogens with one attached hydrogen (secondary N) is 1. The molecule has 1 amide bonds. The number of amides is 1. The summed E-state index contributed by atoms with van der Waals surface area (Å²) in [6, 6.07) is 5.15. The number of benzene rings is 2. The zero-order chi connectivity index (χ0) is 24.3. The van der Waals surface area contributed by atoms with Crippen molar-refractivity contribution in [3.05, 3.63) is 57.0 Å². The van der Waals surface area contributed by atoms with E-state index in [1.807, 2.05) is 13.0 Å². The number of thioether (sulfide) groups is 1. The Morgan fingerprint density at radius 3 is 2.24 bits per heavy atom. The molecule has 1 heterocycles. The fourth-order valence-electron chi connectivity index (χ4n) is 4.73. The molecule has 1 aliphatic carbocycles. The first-order chi connectivity index (χ1) is 15.4. The van der Waals surface area contributed by atoms with Gasteiger partial charge in [0.1, 0.15) is 10.1 Å². The number of carbonyl (C=O) groups excluding carboxylic acids is 1. The molecule has 2 aromatic rings. The molecule has 1 N–H and O–H groups in total. The predicted octanol–water partition coefficient (Wildman–Crippen LogP) is 6.79. The molecule has 0 bridgehead atoms. The average molecular weight is 488 g/mol. The standard InChI is InChI=1S/C26H27F2NO2S2/c1-13-9-16-17(26(4,5)8-7-25(16,2)3)12-15(13)20-21(28)14(10-18(27)22(20)31-6)11-19-23(30)29-24(32)33-19/h9-12H,7-8H2,1-6H3,(H,29,30,32). The minimum absolute atomic E-state index is 0.000231. The van der Waals surface area contributed by atoms with Gasteiger partial charge in [0, 0.05) is 5.56 Å². The van der Waals surface area contributed by atoms with E-state index in [9.17, 15) is 4.79 Å². The van der Waals surface area contributed by atoms with Crippen LogP contribution in [0.5, 0.6) is 5.75 Å². The van der Waals surface area contributed by atoms with E-state index in [0.29, 0.717) is 5.56 Å². The van der Waals surface area contributed by atoms with Crippen LogP contribution in [0.25, 0.3) is 17.2 Å². The summed E-state index contributed by atoms with van der Waals surface area (Å²) in [5.41, 5.74) is 3.76. The maximum atomic E-state index is 16.0. The Morgan fingerprint density at radius 2 is 1.70 bits per heavy atom. The number of methoxy groups -OCH3 is 1. The summed E-state index contributed by atoms with van der Waals surface area (Å²) in [7, 11) is 1.33. The van der Waals surface area contributed by atoms with Crippen LogP contribution in [0.4, 0.5) is 8.78 Å². The number of hydrogen-bond acceptors (Lipinski definition) is 4. The summed E-state index contributed by atoms with van der Waals surface area (Å²) in [5, 5.41) is 2.50. The van der Waals surface area contributed by atoms with Gasteiger partial charge in [-0.2, -0.15) is 0 Å². The van der Waals surface area contributed by atoms with Crippen LogP contribution in [0, 0.1) is 18.6 Å². The van der Waals surface area contributed by atoms with E-state index >= 15 is 8.78 Å². The lowest BCUT2D eigenvalue weighted by atomic mass is 9.62. The van der Waals surface area contributed by atoms with E-state index in [2.05, 4.69) is 39.1 Å². The lowest BCUT2D eigenvalue weighted by Crippen LogP contribution is -2.34. The highest BCUT2D eigenvalue weighted by molar-refractivity contribution is 8.26. The first-order valence-corrected chi connectivity index (χ1v) is 12.0. The fourth-order valence-corrected chi connectivity index (χ4v) is 5.76. The zero-order valence-electron chi connectivity index (χ0n) is 19.6. The quantitative estimate of drug-likeness (QED) is 0.382. The van der Waals surface area contributed by atoms with Crippen LogP contribution in [0.1, 0.15) is 62.8 Å². The van der Waals surface area contributed by atoms with Crippen LogP contribution in [0.15, 0.2) is 23.1 Å². The third-order valence-corrected chi connectivity index (χ3v) is 7.96. The van der Waals surface area contributed by atoms with Gasteiger partial charge in [-0.15, -0.1) is 0 Å². The van der Waals surface area contributed by atoms with E-state index in [1.165, 1.54) is 18.7 Å². The monoisotopic (exact) mass is 487 g/mol. The van der Waals surface area contributed by atoms with Gasteiger partial charge in [0.2, 0.25) is 0 Å². The molecule has 4 rings (SSSR count). The number of rotatable bonds is 3. The van der Waals surface area contributed by atoms with Crippen LogP contribution in [-0.2, 0) is 15.6 Å². The Kier molecular flexibility index (Phi) is 5.94. The Morgan fingerprint density at radius 1 is 1.09 bits per heavy atom. The molecule has 7 heteroatoms. The number of hydrogen-bond donors (Lipinski definition) is 1. The number of aryl methyl sites for hydroxylation is 1. The molecule has 2 aliphatic rings. The average Bonchev–Trinajstić information content (AvgIpc) is 3.04. The lowest BCUT2D eigenvalue weighted by molar-refractivity contribution is -0.115. The van der Waals surface area contributed by atoms with Crippen LogP contribution in [0.3, 0.4) is 0 Å². The highest BCUT2D eigenvalue weighted by Crippen LogP contribution is 2.49. The smallest absolute Gasteiger partial charge is 0.263 e. The van der Waals surface area contributed by atoms with Gasteiger partial charge in [-0.1, -0.05) is 57.7 Å². The Balaban J connectivity index is 1.98. The minimum Gasteiger partial charge on any atom is -0.493 e. The van der Waals surface area contributed by atoms with Crippen molar-refractivity contribution >= 4 is 40.3 Å². The molecule has 174 valence electrons. The second-order valence-corrected chi connectivity index (χ2v) is 11.7. The van der Waals surface area contributed by atoms with Crippen LogP contribution in [0.2, 0.25) is 0 Å². The largest absolute Gasteiger partial charge is 0.493 e. The summed E-state index contributed by atoms with van der Waals surface area (Å²) in [5.74, 6) is -1.90. The van der Waals surface area contributed by atoms with E-state index in [1.54, 1.807) is 0 Å². The highest BCUT2D eigenvalue weighted by atomic mass is 32.2. The third-order valence-electron chi connectivity index (χ3n) is 6.80. The third kappa shape index (κ3) is 4.10. The van der Waals surface area contributed by atoms with Crippen molar-refractivity contribution in [2.45, 2.75) is 58.3 Å². The minimum atomic E-state index is -0.691. The second-order valence-electron chi connectivity index (χ2n) is 10.0. The molecule has 0 unspecified atom stereocenters. The van der Waals surface area contributed by atoms with Crippen molar-refractivity contribution in [2.75, 3.05) is 7.11 Å². The summed E-state index contributed by atoms with van der Waals surface area (Å²) < 4.78 is 36.7. The summed E-state index contributed by atoms with van der Waals surface area (Å²) in [6.07, 6.45) is 3.39. The van der Waals surface area contributed by atoms with E-state index < -0.39 is 17.5 Å². The van der Waals surface area contributed by atoms with Gasteiger partial charge >= 0.3 is 0 Å². The number of carbonyl (C=O) groups is 1. The second kappa shape index (κ2) is 8.20. The van der Waals surface area contributed by atoms with Crippen molar-refractivity contribution in [1.82, 2.24) is 5.32 Å². The zero-order valence-corrected chi connectivity index (χ0v) is 21.2. The van der Waals surface area contributed by atoms with Crippen LogP contribution in [-0.4, -0.2) is 17.3 Å². The fraction of sp³-hybridized carbons (Fsp3) is 0.385. The Bertz CT molecular complexity index is 1230. The predicted molar refractivity (Wildman–Crippen MR) is 135 cm³/mol. The maximum absolute atomic E-state index is 16.0. The molecule has 1 fully saturated rings. The topological polar surface area (TPSA) is 38.3 Å². The van der Waals surface area contributed by atoms with Gasteiger partial charge in [0.25, 0.3) is 5.91 Å². The molecule has 0 radical (unpaired) electrons. The van der Waals surface area contributed by atoms with E-state index in [-0.39, 0.29) is 36.9 Å². The molecule has 0 saturated carbocycles. The van der Waals surface area contributed by atoms with Crippen molar-refractivity contribution in [2.24, 2.45) is 0 Å². The Labute approximate surface area is 203 Å². The SMILES string of the molecule is COc1c(F)cc(C=C2SC(=S)NC2=O)c(F)c1-c1cc2c(cc1C)C(C)(C)CCC2(C)C. The molecule has 0 atom stereocenters. The van der Waals surface area contributed by atoms with Crippen molar-refractivity contribution < 1.29 is 18.3 Å². The Hall–Kier alpha value is -2.25. The number of fused-ring (bicyclic) bond motifs is 1. The normalized spacial score (nSPS) is 20.1. The van der Waals surface area contributed by atoms with Gasteiger partial charge < -0.3 is 10.1 Å². The van der Waals surface area contributed by atoms with Gasteiger partial charge in [0.05, 0.1) is 17.6 Å². The van der Waals surface area contributed by atoms with Crippen LogP contribution >= 0.6 is 24.0 Å².